The Labute approximate surface area is 198 Å². The quantitative estimate of drug-likeness (QED) is 0.592. The zero-order valence-electron chi connectivity index (χ0n) is 19.5. The summed E-state index contributed by atoms with van der Waals surface area (Å²) in [5.41, 5.74) is 2.77. The number of nitrogens with one attached hydrogen (secondary N) is 1. The van der Waals surface area contributed by atoms with Crippen molar-refractivity contribution in [3.8, 4) is 0 Å². The lowest BCUT2D eigenvalue weighted by Gasteiger charge is -2.30. The van der Waals surface area contributed by atoms with Crippen LogP contribution < -0.4 is 10.9 Å². The zero-order valence-corrected chi connectivity index (χ0v) is 20.3. The van der Waals surface area contributed by atoms with Crippen LogP contribution in [0.3, 0.4) is 0 Å². The van der Waals surface area contributed by atoms with Gasteiger partial charge in [0.1, 0.15) is 10.7 Å². The Morgan fingerprint density at radius 2 is 1.97 bits per heavy atom. The average Bonchev–Trinajstić information content (AvgIpc) is 2.96. The van der Waals surface area contributed by atoms with Gasteiger partial charge in [0, 0.05) is 31.7 Å². The molecule has 1 saturated heterocycles. The standard InChI is InChI=1S/C26H32N4O2S/c1-17-7-6-13-29(15-17)16-19-9-11-20(12-10-19)27-24(31)23-18(2)22-25(33-23)28-21-8-4-3-5-14-30(21)26(22)32/h9-12,17H,3-8,13-16H2,1-2H3,(H,27,31). The molecule has 0 spiro atoms. The van der Waals surface area contributed by atoms with E-state index in [2.05, 4.69) is 29.3 Å². The van der Waals surface area contributed by atoms with E-state index in [1.54, 1.807) is 0 Å². The molecule has 0 saturated carbocycles. The monoisotopic (exact) mass is 464 g/mol. The van der Waals surface area contributed by atoms with Crippen molar-refractivity contribution in [2.45, 2.75) is 65.5 Å². The number of thiophene rings is 1. The molecular formula is C26H32N4O2S. The molecule has 33 heavy (non-hydrogen) atoms. The van der Waals surface area contributed by atoms with Crippen molar-refractivity contribution in [1.29, 1.82) is 0 Å². The molecule has 6 nitrogen and oxygen atoms in total. The molecule has 174 valence electrons. The molecule has 7 heteroatoms. The number of piperidine rings is 1. The summed E-state index contributed by atoms with van der Waals surface area (Å²) < 4.78 is 1.82. The second-order valence-corrected chi connectivity index (χ2v) is 10.7. The van der Waals surface area contributed by atoms with Crippen molar-refractivity contribution in [1.82, 2.24) is 14.5 Å². The summed E-state index contributed by atoms with van der Waals surface area (Å²) in [5.74, 6) is 1.45. The van der Waals surface area contributed by atoms with Crippen LogP contribution in [0, 0.1) is 12.8 Å². The third-order valence-electron chi connectivity index (χ3n) is 6.98. The van der Waals surface area contributed by atoms with E-state index in [0.29, 0.717) is 15.1 Å². The van der Waals surface area contributed by atoms with Gasteiger partial charge >= 0.3 is 0 Å². The summed E-state index contributed by atoms with van der Waals surface area (Å²) in [5, 5.41) is 3.62. The van der Waals surface area contributed by atoms with Gasteiger partial charge in [0.25, 0.3) is 11.5 Å². The molecule has 1 aromatic carbocycles. The largest absolute Gasteiger partial charge is 0.321 e. The molecule has 0 bridgehead atoms. The van der Waals surface area contributed by atoms with Gasteiger partial charge in [-0.2, -0.15) is 0 Å². The smallest absolute Gasteiger partial charge is 0.266 e. The lowest BCUT2D eigenvalue weighted by molar-refractivity contribution is 0.103. The molecule has 1 fully saturated rings. The first-order valence-corrected chi connectivity index (χ1v) is 13.0. The third-order valence-corrected chi connectivity index (χ3v) is 8.16. The molecule has 0 aliphatic carbocycles. The van der Waals surface area contributed by atoms with E-state index < -0.39 is 0 Å². The number of rotatable bonds is 4. The van der Waals surface area contributed by atoms with Gasteiger partial charge in [0.05, 0.1) is 10.3 Å². The zero-order chi connectivity index (χ0) is 22.9. The van der Waals surface area contributed by atoms with Crippen LogP contribution in [0.5, 0.6) is 0 Å². The van der Waals surface area contributed by atoms with Crippen molar-refractivity contribution in [3.05, 3.63) is 56.4 Å². The molecule has 2 aromatic heterocycles. The van der Waals surface area contributed by atoms with E-state index in [-0.39, 0.29) is 11.5 Å². The van der Waals surface area contributed by atoms with Gasteiger partial charge in [0.2, 0.25) is 0 Å². The van der Waals surface area contributed by atoms with E-state index in [1.165, 1.54) is 29.7 Å². The fourth-order valence-corrected chi connectivity index (χ4v) is 6.28. The lowest BCUT2D eigenvalue weighted by atomic mass is 10.00. The molecule has 2 aliphatic rings. The van der Waals surface area contributed by atoms with Crippen molar-refractivity contribution in [2.75, 3.05) is 18.4 Å². The minimum absolute atomic E-state index is 0.00100. The molecule has 1 atom stereocenters. The van der Waals surface area contributed by atoms with Crippen LogP contribution in [-0.2, 0) is 19.5 Å². The van der Waals surface area contributed by atoms with Crippen molar-refractivity contribution in [3.63, 3.8) is 0 Å². The number of amides is 1. The fraction of sp³-hybridized carbons (Fsp3) is 0.500. The van der Waals surface area contributed by atoms with Crippen molar-refractivity contribution < 1.29 is 4.79 Å². The molecule has 5 rings (SSSR count). The van der Waals surface area contributed by atoms with Gasteiger partial charge in [-0.05, 0) is 68.3 Å². The normalized spacial score (nSPS) is 19.3. The maximum atomic E-state index is 13.2. The van der Waals surface area contributed by atoms with Crippen LogP contribution in [0.1, 0.15) is 65.7 Å². The van der Waals surface area contributed by atoms with Gasteiger partial charge in [0.15, 0.2) is 0 Å². The van der Waals surface area contributed by atoms with E-state index >= 15 is 0 Å². The van der Waals surface area contributed by atoms with Crippen LogP contribution in [0.25, 0.3) is 10.2 Å². The van der Waals surface area contributed by atoms with Crippen molar-refractivity contribution >= 4 is 33.1 Å². The molecule has 3 aromatic rings. The number of nitrogens with zero attached hydrogens (tertiary/aromatic N) is 3. The highest BCUT2D eigenvalue weighted by Crippen LogP contribution is 2.29. The minimum Gasteiger partial charge on any atom is -0.321 e. The number of carbonyl (C=O) groups excluding carboxylic acids is 1. The summed E-state index contributed by atoms with van der Waals surface area (Å²) in [6, 6.07) is 8.13. The van der Waals surface area contributed by atoms with Crippen LogP contribution >= 0.6 is 11.3 Å². The number of anilines is 1. The highest BCUT2D eigenvalue weighted by Gasteiger charge is 2.22. The summed E-state index contributed by atoms with van der Waals surface area (Å²) in [6.45, 7) is 8.17. The minimum atomic E-state index is -0.173. The Balaban J connectivity index is 1.33. The fourth-order valence-electron chi connectivity index (χ4n) is 5.20. The first kappa shape index (κ1) is 22.3. The topological polar surface area (TPSA) is 67.2 Å². The van der Waals surface area contributed by atoms with Gasteiger partial charge in [-0.25, -0.2) is 4.98 Å². The second-order valence-electron chi connectivity index (χ2n) is 9.67. The number of hydrogen-bond donors (Lipinski definition) is 1. The van der Waals surface area contributed by atoms with Crippen LogP contribution in [0.15, 0.2) is 29.1 Å². The number of likely N-dealkylation sites (tertiary alicyclic amines) is 1. The van der Waals surface area contributed by atoms with E-state index in [1.807, 2.05) is 23.6 Å². The SMILES string of the molecule is Cc1c(C(=O)Nc2ccc(CN3CCCC(C)C3)cc2)sc2nc3n(c(=O)c12)CCCCC3. The third kappa shape index (κ3) is 4.62. The number of fused-ring (bicyclic) bond motifs is 2. The number of aryl methyl sites for hydroxylation is 2. The molecular weight excluding hydrogens is 432 g/mol. The first-order valence-electron chi connectivity index (χ1n) is 12.1. The van der Waals surface area contributed by atoms with E-state index in [0.717, 1.165) is 74.9 Å². The van der Waals surface area contributed by atoms with E-state index in [9.17, 15) is 9.59 Å². The first-order chi connectivity index (χ1) is 16.0. The van der Waals surface area contributed by atoms with Crippen LogP contribution in [0.4, 0.5) is 5.69 Å². The molecule has 1 amide bonds. The molecule has 1 unspecified atom stereocenters. The molecule has 4 heterocycles. The van der Waals surface area contributed by atoms with Gasteiger partial charge < -0.3 is 5.32 Å². The predicted molar refractivity (Wildman–Crippen MR) is 134 cm³/mol. The highest BCUT2D eigenvalue weighted by atomic mass is 32.1. The number of hydrogen-bond acceptors (Lipinski definition) is 5. The van der Waals surface area contributed by atoms with Crippen molar-refractivity contribution in [2.24, 2.45) is 5.92 Å². The maximum absolute atomic E-state index is 13.2. The average molecular weight is 465 g/mol. The Hall–Kier alpha value is -2.51. The Morgan fingerprint density at radius 3 is 2.76 bits per heavy atom. The molecule has 1 N–H and O–H groups in total. The molecule has 0 radical (unpaired) electrons. The van der Waals surface area contributed by atoms with Crippen LogP contribution in [0.2, 0.25) is 0 Å². The summed E-state index contributed by atoms with van der Waals surface area (Å²) in [6.07, 6.45) is 6.60. The summed E-state index contributed by atoms with van der Waals surface area (Å²) in [7, 11) is 0. The lowest BCUT2D eigenvalue weighted by Crippen LogP contribution is -2.33. The maximum Gasteiger partial charge on any atom is 0.266 e. The van der Waals surface area contributed by atoms with Gasteiger partial charge in [-0.1, -0.05) is 25.5 Å². The summed E-state index contributed by atoms with van der Waals surface area (Å²) in [4.78, 5) is 34.8. The Bertz CT molecular complexity index is 1230. The van der Waals surface area contributed by atoms with Crippen LogP contribution in [-0.4, -0.2) is 33.4 Å². The summed E-state index contributed by atoms with van der Waals surface area (Å²) >= 11 is 1.33. The Morgan fingerprint density at radius 1 is 1.15 bits per heavy atom. The Kier molecular flexibility index (Phi) is 6.34. The van der Waals surface area contributed by atoms with Gasteiger partial charge in [-0.3, -0.25) is 19.1 Å². The number of aromatic nitrogens is 2. The number of carbonyl (C=O) groups is 1. The highest BCUT2D eigenvalue weighted by molar-refractivity contribution is 7.20. The van der Waals surface area contributed by atoms with Gasteiger partial charge in [-0.15, -0.1) is 11.3 Å². The molecule has 2 aliphatic heterocycles. The number of benzene rings is 1. The van der Waals surface area contributed by atoms with E-state index in [4.69, 9.17) is 4.98 Å². The second kappa shape index (κ2) is 9.39. The predicted octanol–water partition coefficient (Wildman–Crippen LogP) is 4.98.